The highest BCUT2D eigenvalue weighted by atomic mass is 35.5. The molecule has 2 aliphatic rings. The molecule has 1 atom stereocenters. The first-order valence-corrected chi connectivity index (χ1v) is 7.84. The molecule has 1 N–H and O–H groups in total. The average molecular weight is 296 g/mol. The summed E-state index contributed by atoms with van der Waals surface area (Å²) in [5.74, 6) is 1.04. The molecule has 0 amide bonds. The molecule has 0 bridgehead atoms. The van der Waals surface area contributed by atoms with E-state index in [1.54, 1.807) is 7.11 Å². The van der Waals surface area contributed by atoms with Crippen LogP contribution in [-0.2, 0) is 17.8 Å². The van der Waals surface area contributed by atoms with Crippen LogP contribution in [0, 0.1) is 0 Å². The van der Waals surface area contributed by atoms with Crippen LogP contribution in [0.25, 0.3) is 0 Å². The molecule has 1 unspecified atom stereocenters. The molecule has 1 aromatic heterocycles. The fourth-order valence-corrected chi connectivity index (χ4v) is 3.00. The molecule has 1 aromatic rings. The summed E-state index contributed by atoms with van der Waals surface area (Å²) in [6.45, 7) is 2.61. The van der Waals surface area contributed by atoms with Gasteiger partial charge in [0.05, 0.1) is 5.38 Å². The van der Waals surface area contributed by atoms with Crippen LogP contribution in [0.4, 0.5) is 5.82 Å². The standard InChI is InChI=1S/C15H22ClN3O/c1-20-8-2-7-19-10-11(9-18-12-3-4-12)14-13(16)5-6-17-15(14)19/h6,10,12-13,18H,2-5,7-9H2,1H3. The van der Waals surface area contributed by atoms with Crippen LogP contribution in [0.1, 0.15) is 42.2 Å². The molecular weight excluding hydrogens is 274 g/mol. The van der Waals surface area contributed by atoms with E-state index in [1.165, 1.54) is 24.0 Å². The predicted molar refractivity (Wildman–Crippen MR) is 82.1 cm³/mol. The van der Waals surface area contributed by atoms with Gasteiger partial charge in [-0.25, -0.2) is 4.99 Å². The van der Waals surface area contributed by atoms with Crippen molar-refractivity contribution >= 4 is 23.6 Å². The Balaban J connectivity index is 1.78. The van der Waals surface area contributed by atoms with Gasteiger partial charge in [-0.1, -0.05) is 0 Å². The number of alkyl halides is 1. The normalized spacial score (nSPS) is 21.2. The van der Waals surface area contributed by atoms with Gasteiger partial charge in [-0.2, -0.15) is 0 Å². The number of fused-ring (bicyclic) bond motifs is 1. The van der Waals surface area contributed by atoms with Crippen LogP contribution in [-0.4, -0.2) is 30.5 Å². The van der Waals surface area contributed by atoms with E-state index in [0.29, 0.717) is 6.04 Å². The van der Waals surface area contributed by atoms with Gasteiger partial charge in [0.25, 0.3) is 0 Å². The van der Waals surface area contributed by atoms with Crippen LogP contribution >= 0.6 is 11.6 Å². The summed E-state index contributed by atoms with van der Waals surface area (Å²) in [7, 11) is 1.74. The molecule has 20 heavy (non-hydrogen) atoms. The zero-order valence-electron chi connectivity index (χ0n) is 11.9. The van der Waals surface area contributed by atoms with Crippen molar-refractivity contribution in [2.75, 3.05) is 13.7 Å². The Labute approximate surface area is 125 Å². The zero-order valence-corrected chi connectivity index (χ0v) is 12.7. The molecule has 4 nitrogen and oxygen atoms in total. The Morgan fingerprint density at radius 2 is 2.35 bits per heavy atom. The van der Waals surface area contributed by atoms with E-state index in [2.05, 4.69) is 21.1 Å². The minimum atomic E-state index is 0.0576. The van der Waals surface area contributed by atoms with E-state index >= 15 is 0 Å². The maximum absolute atomic E-state index is 6.50. The quantitative estimate of drug-likeness (QED) is 0.620. The Hall–Kier alpha value is -0.840. The number of methoxy groups -OCH3 is 1. The SMILES string of the molecule is COCCCn1cc(CNC2CC2)c2c1N=CCC2Cl. The van der Waals surface area contributed by atoms with Gasteiger partial charge in [0, 0.05) is 57.2 Å². The van der Waals surface area contributed by atoms with E-state index < -0.39 is 0 Å². The lowest BCUT2D eigenvalue weighted by Gasteiger charge is -2.15. The second-order valence-corrected chi connectivity index (χ2v) is 6.13. The molecule has 1 aliphatic carbocycles. The highest BCUT2D eigenvalue weighted by Gasteiger charge is 2.26. The highest BCUT2D eigenvalue weighted by Crippen LogP contribution is 2.39. The van der Waals surface area contributed by atoms with Crippen LogP contribution in [0.15, 0.2) is 11.2 Å². The monoisotopic (exact) mass is 295 g/mol. The Morgan fingerprint density at radius 1 is 1.50 bits per heavy atom. The fourth-order valence-electron chi connectivity index (χ4n) is 2.68. The van der Waals surface area contributed by atoms with Crippen molar-refractivity contribution in [2.45, 2.75) is 50.2 Å². The number of halogens is 1. The van der Waals surface area contributed by atoms with Gasteiger partial charge >= 0.3 is 0 Å². The summed E-state index contributed by atoms with van der Waals surface area (Å²) in [5.41, 5.74) is 2.53. The lowest BCUT2D eigenvalue weighted by molar-refractivity contribution is 0.190. The van der Waals surface area contributed by atoms with Gasteiger partial charge in [-0.15, -0.1) is 11.6 Å². The van der Waals surface area contributed by atoms with Crippen LogP contribution in [0.3, 0.4) is 0 Å². The van der Waals surface area contributed by atoms with Gasteiger partial charge in [0.15, 0.2) is 0 Å². The summed E-state index contributed by atoms with van der Waals surface area (Å²) in [6.07, 6.45) is 8.58. The first-order chi connectivity index (χ1) is 9.79. The van der Waals surface area contributed by atoms with Gasteiger partial charge < -0.3 is 14.6 Å². The van der Waals surface area contributed by atoms with Crippen molar-refractivity contribution in [2.24, 2.45) is 4.99 Å². The Bertz CT molecular complexity index is 494. The third-order valence-corrected chi connectivity index (χ3v) is 4.31. The Morgan fingerprint density at radius 3 is 3.10 bits per heavy atom. The van der Waals surface area contributed by atoms with E-state index in [0.717, 1.165) is 38.4 Å². The smallest absolute Gasteiger partial charge is 0.137 e. The van der Waals surface area contributed by atoms with Gasteiger partial charge in [0.1, 0.15) is 5.82 Å². The molecule has 2 heterocycles. The van der Waals surface area contributed by atoms with E-state index in [-0.39, 0.29) is 5.38 Å². The third kappa shape index (κ3) is 3.08. The first kappa shape index (κ1) is 14.1. The summed E-state index contributed by atoms with van der Waals surface area (Å²) < 4.78 is 7.36. The molecular formula is C15H22ClN3O. The fraction of sp³-hybridized carbons (Fsp3) is 0.667. The number of nitrogens with one attached hydrogen (secondary N) is 1. The molecule has 1 saturated carbocycles. The third-order valence-electron chi connectivity index (χ3n) is 3.92. The topological polar surface area (TPSA) is 38.5 Å². The van der Waals surface area contributed by atoms with Gasteiger partial charge in [-0.3, -0.25) is 0 Å². The van der Waals surface area contributed by atoms with Crippen LogP contribution in [0.2, 0.25) is 0 Å². The number of aliphatic imine (C=N–C) groups is 1. The second kappa shape index (κ2) is 6.29. The second-order valence-electron chi connectivity index (χ2n) is 5.60. The summed E-state index contributed by atoms with van der Waals surface area (Å²) in [5, 5.41) is 3.63. The molecule has 110 valence electrons. The van der Waals surface area contributed by atoms with Crippen molar-refractivity contribution < 1.29 is 4.74 Å². The average Bonchev–Trinajstić information content (AvgIpc) is 3.20. The number of rotatable bonds is 7. The molecule has 0 spiro atoms. The molecule has 3 rings (SSSR count). The predicted octanol–water partition coefficient (Wildman–Crippen LogP) is 3.16. The van der Waals surface area contributed by atoms with E-state index in [9.17, 15) is 0 Å². The van der Waals surface area contributed by atoms with Crippen molar-refractivity contribution in [3.05, 3.63) is 17.3 Å². The van der Waals surface area contributed by atoms with E-state index in [4.69, 9.17) is 16.3 Å². The maximum atomic E-state index is 6.50. The number of hydrogen-bond acceptors (Lipinski definition) is 3. The maximum Gasteiger partial charge on any atom is 0.137 e. The molecule has 0 radical (unpaired) electrons. The minimum absolute atomic E-state index is 0.0576. The summed E-state index contributed by atoms with van der Waals surface area (Å²) in [4.78, 5) is 4.57. The molecule has 1 fully saturated rings. The minimum Gasteiger partial charge on any atom is -0.385 e. The number of aromatic nitrogens is 1. The van der Waals surface area contributed by atoms with Crippen molar-refractivity contribution in [3.63, 3.8) is 0 Å². The van der Waals surface area contributed by atoms with E-state index in [1.807, 2.05) is 6.21 Å². The zero-order chi connectivity index (χ0) is 13.9. The van der Waals surface area contributed by atoms with Gasteiger partial charge in [-0.05, 0) is 24.8 Å². The number of ether oxygens (including phenoxy) is 1. The van der Waals surface area contributed by atoms with Crippen molar-refractivity contribution in [3.8, 4) is 0 Å². The van der Waals surface area contributed by atoms with Gasteiger partial charge in [0.2, 0.25) is 0 Å². The lowest BCUT2D eigenvalue weighted by Crippen LogP contribution is -2.16. The highest BCUT2D eigenvalue weighted by molar-refractivity contribution is 6.22. The number of aryl methyl sites for hydroxylation is 1. The summed E-state index contributed by atoms with van der Waals surface area (Å²) >= 11 is 6.50. The number of nitrogens with zero attached hydrogens (tertiary/aromatic N) is 2. The van der Waals surface area contributed by atoms with Crippen LogP contribution < -0.4 is 5.32 Å². The van der Waals surface area contributed by atoms with Crippen LogP contribution in [0.5, 0.6) is 0 Å². The molecule has 5 heteroatoms. The molecule has 0 aromatic carbocycles. The van der Waals surface area contributed by atoms with Crippen molar-refractivity contribution in [1.29, 1.82) is 0 Å². The first-order valence-electron chi connectivity index (χ1n) is 7.40. The largest absolute Gasteiger partial charge is 0.385 e. The molecule has 1 aliphatic heterocycles. The Kier molecular flexibility index (Phi) is 4.44. The number of hydrogen-bond donors (Lipinski definition) is 1. The molecule has 0 saturated heterocycles. The summed E-state index contributed by atoms with van der Waals surface area (Å²) in [6, 6.07) is 0.711. The van der Waals surface area contributed by atoms with Crippen molar-refractivity contribution in [1.82, 2.24) is 9.88 Å². The lowest BCUT2D eigenvalue weighted by atomic mass is 10.1.